The monoisotopic (exact) mass is 524 g/mol. The van der Waals surface area contributed by atoms with E-state index in [2.05, 4.69) is 19.6 Å². The average Bonchev–Trinajstić information content (AvgIpc) is 2.79. The van der Waals surface area contributed by atoms with E-state index in [0.717, 1.165) is 11.1 Å². The number of aryl methyl sites for hydroxylation is 1. The molecular weight excluding hydrogens is 472 g/mol. The second-order valence-electron chi connectivity index (χ2n) is 11.9. The second-order valence-corrected chi connectivity index (χ2v) is 20.8. The first-order valence-corrected chi connectivity index (χ1v) is 19.4. The lowest BCUT2D eigenvalue weighted by atomic mass is 9.67. The van der Waals surface area contributed by atoms with Gasteiger partial charge in [0.2, 0.25) is 8.32 Å². The van der Waals surface area contributed by atoms with Crippen molar-refractivity contribution in [2.75, 3.05) is 7.11 Å². The fourth-order valence-corrected chi connectivity index (χ4v) is 6.82. The molecule has 1 aromatic carbocycles. The predicted molar refractivity (Wildman–Crippen MR) is 148 cm³/mol. The van der Waals surface area contributed by atoms with Crippen LogP contribution in [0.2, 0.25) is 39.3 Å². The minimum absolute atomic E-state index is 0.367. The predicted octanol–water partition coefficient (Wildman–Crippen LogP) is 7.23. The summed E-state index contributed by atoms with van der Waals surface area (Å²) in [6.07, 6.45) is 3.34. The normalized spacial score (nSPS) is 28.3. The zero-order chi connectivity index (χ0) is 31.2. The van der Waals surface area contributed by atoms with Crippen LogP contribution in [0.25, 0.3) is 0 Å². The largest absolute Gasteiger partial charge is 0.544 e. The number of esters is 1. The number of benzene rings is 1. The summed E-state index contributed by atoms with van der Waals surface area (Å²) in [7, 11) is -2.85. The molecule has 3 rings (SSSR count). The first-order chi connectivity index (χ1) is 18.6. The van der Waals surface area contributed by atoms with Crippen LogP contribution in [0.1, 0.15) is 71.6 Å². The molecule has 1 aliphatic carbocycles. The molecule has 0 N–H and O–H groups in total. The number of carbonyl (C=O) groups excluding carboxylic acids is 1. The van der Waals surface area contributed by atoms with Gasteiger partial charge in [0.05, 0.1) is 7.11 Å². The van der Waals surface area contributed by atoms with Gasteiger partial charge in [-0.15, -0.1) is 0 Å². The molecule has 0 spiro atoms. The molecule has 4 atom stereocenters. The van der Waals surface area contributed by atoms with Crippen molar-refractivity contribution in [2.24, 2.45) is 5.92 Å². The third-order valence-corrected chi connectivity index (χ3v) is 8.18. The molecule has 0 bridgehead atoms. The Hall–Kier alpha value is -1.58. The molecule has 0 fully saturated rings. The molecule has 1 aromatic rings. The highest BCUT2D eigenvalue weighted by molar-refractivity contribution is 6.70. The van der Waals surface area contributed by atoms with E-state index in [1.165, 1.54) is 7.11 Å². The third-order valence-electron chi connectivity index (χ3n) is 6.36. The maximum absolute atomic E-state index is 12.5. The number of ether oxygens (including phenoxy) is 2. The van der Waals surface area contributed by atoms with Crippen LogP contribution in [0.5, 0.6) is 11.5 Å². The van der Waals surface area contributed by atoms with Crippen molar-refractivity contribution in [1.82, 2.24) is 0 Å². The maximum Gasteiger partial charge on any atom is 0.333 e. The van der Waals surface area contributed by atoms with Crippen LogP contribution in [0.15, 0.2) is 23.8 Å². The molecule has 1 aliphatic heterocycles. The van der Waals surface area contributed by atoms with Crippen LogP contribution in [-0.4, -0.2) is 41.4 Å². The van der Waals surface area contributed by atoms with E-state index < -0.39 is 59.8 Å². The standard InChI is InChI=1S/C28H46O5Si2/c1-19(32-34(5,6)7)12-11-13-20-16-24-26(25(17-20)33-35(8,9)10)22-18-21(27(29)30-4)14-15-23(22)28(2,3)31-24/h16-19,22-23H,11-15H2,1-10H3/i1D3,2D3. The fourth-order valence-electron chi connectivity index (χ4n) is 5.02. The summed E-state index contributed by atoms with van der Waals surface area (Å²) in [6.45, 7) is 9.17. The Morgan fingerprint density at radius 1 is 1.23 bits per heavy atom. The number of carbonyl (C=O) groups is 1. The van der Waals surface area contributed by atoms with Crippen LogP contribution < -0.4 is 9.16 Å². The van der Waals surface area contributed by atoms with Gasteiger partial charge >= 0.3 is 5.97 Å². The Morgan fingerprint density at radius 3 is 2.57 bits per heavy atom. The molecule has 196 valence electrons. The van der Waals surface area contributed by atoms with Crippen molar-refractivity contribution in [3.05, 3.63) is 34.9 Å². The zero-order valence-corrected chi connectivity index (χ0v) is 24.5. The van der Waals surface area contributed by atoms with Crippen LogP contribution in [0, 0.1) is 5.92 Å². The second kappa shape index (κ2) is 10.4. The number of allylic oxidation sites excluding steroid dienone is 1. The van der Waals surface area contributed by atoms with Crippen LogP contribution >= 0.6 is 0 Å². The van der Waals surface area contributed by atoms with E-state index in [-0.39, 0.29) is 0 Å². The molecule has 0 radical (unpaired) electrons. The Kier molecular flexibility index (Phi) is 6.10. The maximum atomic E-state index is 12.5. The smallest absolute Gasteiger partial charge is 0.333 e. The van der Waals surface area contributed by atoms with Crippen molar-refractivity contribution in [2.45, 2.75) is 110 Å². The molecule has 1 heterocycles. The molecule has 7 heteroatoms. The Balaban J connectivity index is 2.08. The minimum Gasteiger partial charge on any atom is -0.544 e. The van der Waals surface area contributed by atoms with Crippen LogP contribution in [0.4, 0.5) is 0 Å². The quantitative estimate of drug-likeness (QED) is 0.252. The first kappa shape index (κ1) is 20.5. The summed E-state index contributed by atoms with van der Waals surface area (Å²) in [4.78, 5) is 12.5. The fraction of sp³-hybridized carbons (Fsp3) is 0.679. The van der Waals surface area contributed by atoms with E-state index in [9.17, 15) is 4.79 Å². The van der Waals surface area contributed by atoms with Gasteiger partial charge in [-0.25, -0.2) is 4.79 Å². The number of methoxy groups -OCH3 is 1. The van der Waals surface area contributed by atoms with Gasteiger partial charge in [-0.3, -0.25) is 0 Å². The highest BCUT2D eigenvalue weighted by Gasteiger charge is 2.46. The Morgan fingerprint density at radius 2 is 1.97 bits per heavy atom. The lowest BCUT2D eigenvalue weighted by Crippen LogP contribution is -2.46. The summed E-state index contributed by atoms with van der Waals surface area (Å²) >= 11 is 0. The minimum atomic E-state index is -2.42. The lowest BCUT2D eigenvalue weighted by molar-refractivity contribution is -0.136. The van der Waals surface area contributed by atoms with E-state index in [1.807, 2.05) is 37.8 Å². The summed E-state index contributed by atoms with van der Waals surface area (Å²) in [6, 6.07) is 3.83. The lowest BCUT2D eigenvalue weighted by Gasteiger charge is -2.47. The molecule has 0 saturated heterocycles. The molecule has 35 heavy (non-hydrogen) atoms. The number of fused-ring (bicyclic) bond motifs is 3. The van der Waals surface area contributed by atoms with Crippen molar-refractivity contribution in [1.29, 1.82) is 0 Å². The van der Waals surface area contributed by atoms with Crippen LogP contribution in [0.3, 0.4) is 0 Å². The van der Waals surface area contributed by atoms with Gasteiger partial charge in [0, 0.05) is 37.3 Å². The van der Waals surface area contributed by atoms with E-state index in [1.54, 1.807) is 6.92 Å². The number of rotatable bonds is 9. The van der Waals surface area contributed by atoms with E-state index >= 15 is 0 Å². The third kappa shape index (κ3) is 7.23. The summed E-state index contributed by atoms with van der Waals surface area (Å²) in [5.41, 5.74) is 0.672. The molecule has 5 nitrogen and oxygen atoms in total. The van der Waals surface area contributed by atoms with Crippen LogP contribution in [-0.2, 0) is 20.4 Å². The van der Waals surface area contributed by atoms with Gasteiger partial charge in [0.15, 0.2) is 8.32 Å². The van der Waals surface area contributed by atoms with E-state index in [4.69, 9.17) is 26.6 Å². The first-order valence-electron chi connectivity index (χ1n) is 15.6. The Labute approximate surface area is 223 Å². The number of hydrogen-bond acceptors (Lipinski definition) is 5. The van der Waals surface area contributed by atoms with Gasteiger partial charge in [-0.1, -0.05) is 6.08 Å². The van der Waals surface area contributed by atoms with Gasteiger partial charge in [0.25, 0.3) is 0 Å². The highest BCUT2D eigenvalue weighted by Crippen LogP contribution is 2.54. The van der Waals surface area contributed by atoms with Gasteiger partial charge in [-0.05, 0) is 110 Å². The molecule has 0 aromatic heterocycles. The molecule has 2 aliphatic rings. The van der Waals surface area contributed by atoms with Crippen molar-refractivity contribution in [3.63, 3.8) is 0 Å². The van der Waals surface area contributed by atoms with Crippen molar-refractivity contribution in [3.8, 4) is 11.5 Å². The SMILES string of the molecule is [2H]C([2H])([2H])C(CCCc1cc2c(c(O[Si](C)(C)C)c1)C1C=C(C(=O)OC)CCC1C(C)(C([2H])([2H])[2H])O2)O[Si](C)(C)C. The van der Waals surface area contributed by atoms with E-state index in [0.29, 0.717) is 49.2 Å². The van der Waals surface area contributed by atoms with Gasteiger partial charge in [-0.2, -0.15) is 0 Å². The molecule has 0 saturated carbocycles. The average molecular weight is 525 g/mol. The molecule has 4 unspecified atom stereocenters. The summed E-state index contributed by atoms with van der Waals surface area (Å²) in [5, 5.41) is 0. The molecular formula is C28H46O5Si2. The van der Waals surface area contributed by atoms with Gasteiger partial charge < -0.3 is 18.3 Å². The van der Waals surface area contributed by atoms with Gasteiger partial charge in [0.1, 0.15) is 17.1 Å². The van der Waals surface area contributed by atoms with Crippen molar-refractivity contribution >= 4 is 22.6 Å². The highest BCUT2D eigenvalue weighted by atomic mass is 28.4. The van der Waals surface area contributed by atoms with Crippen molar-refractivity contribution < 1.29 is 31.3 Å². The number of hydrogen-bond donors (Lipinski definition) is 0. The zero-order valence-electron chi connectivity index (χ0n) is 28.5. The Bertz CT molecular complexity index is 1150. The summed E-state index contributed by atoms with van der Waals surface area (Å²) in [5.74, 6) is -0.154. The summed E-state index contributed by atoms with van der Waals surface area (Å²) < 4.78 is 73.1. The topological polar surface area (TPSA) is 54.0 Å². The molecule has 0 amide bonds.